The molecule has 0 aromatic carbocycles. The molecule has 0 radical (unpaired) electrons. The van der Waals surface area contributed by atoms with Crippen molar-refractivity contribution in [1.82, 2.24) is 9.97 Å². The Hall–Kier alpha value is -0.880. The average Bonchev–Trinajstić information content (AvgIpc) is 2.11. The lowest BCUT2D eigenvalue weighted by Gasteiger charge is -1.87. The van der Waals surface area contributed by atoms with Gasteiger partial charge in [-0.3, -0.25) is 0 Å². The minimum absolute atomic E-state index is 0.174. The molecule has 11 heavy (non-hydrogen) atoms. The lowest BCUT2D eigenvalue weighted by Crippen LogP contribution is -2.13. The number of sulfonamides is 1. The van der Waals surface area contributed by atoms with E-state index in [9.17, 15) is 8.42 Å². The first-order chi connectivity index (χ1) is 4.91. The van der Waals surface area contributed by atoms with Gasteiger partial charge < -0.3 is 4.98 Å². The van der Waals surface area contributed by atoms with Gasteiger partial charge in [0, 0.05) is 5.69 Å². The number of nitrogens with zero attached hydrogens (tertiary/aromatic N) is 1. The molecule has 0 aliphatic carbocycles. The molecule has 0 aliphatic heterocycles. The zero-order valence-electron chi connectivity index (χ0n) is 6.25. The number of imidazole rings is 1. The number of nitrogens with one attached hydrogen (secondary N) is 1. The van der Waals surface area contributed by atoms with E-state index in [2.05, 4.69) is 9.97 Å². The Balaban J connectivity index is 3.29. The number of aryl methyl sites for hydroxylation is 2. The molecule has 0 unspecified atom stereocenters. The zero-order chi connectivity index (χ0) is 8.65. The second-order valence-corrected chi connectivity index (χ2v) is 3.77. The quantitative estimate of drug-likeness (QED) is 0.612. The summed E-state index contributed by atoms with van der Waals surface area (Å²) in [4.78, 5) is 6.27. The second-order valence-electron chi connectivity index (χ2n) is 2.30. The van der Waals surface area contributed by atoms with Crippen molar-refractivity contribution in [2.24, 2.45) is 5.14 Å². The van der Waals surface area contributed by atoms with Gasteiger partial charge in [-0.15, -0.1) is 0 Å². The Morgan fingerprint density at radius 1 is 1.45 bits per heavy atom. The Labute approximate surface area is 64.7 Å². The summed E-state index contributed by atoms with van der Waals surface area (Å²) in [6, 6.07) is 0. The van der Waals surface area contributed by atoms with Crippen molar-refractivity contribution in [1.29, 1.82) is 0 Å². The summed E-state index contributed by atoms with van der Waals surface area (Å²) in [6.45, 7) is 3.44. The van der Waals surface area contributed by atoms with E-state index < -0.39 is 10.0 Å². The maximum absolute atomic E-state index is 10.7. The first kappa shape index (κ1) is 8.22. The molecule has 0 spiro atoms. The lowest BCUT2D eigenvalue weighted by atomic mass is 10.4. The highest BCUT2D eigenvalue weighted by atomic mass is 32.2. The van der Waals surface area contributed by atoms with Gasteiger partial charge in [0.25, 0.3) is 10.0 Å². The summed E-state index contributed by atoms with van der Waals surface area (Å²) >= 11 is 0. The van der Waals surface area contributed by atoms with Crippen molar-refractivity contribution in [3.63, 3.8) is 0 Å². The van der Waals surface area contributed by atoms with Crippen molar-refractivity contribution in [2.45, 2.75) is 19.0 Å². The van der Waals surface area contributed by atoms with Crippen LogP contribution in [0.5, 0.6) is 0 Å². The number of hydrogen-bond donors (Lipinski definition) is 2. The molecular weight excluding hydrogens is 166 g/mol. The van der Waals surface area contributed by atoms with Gasteiger partial charge in [-0.2, -0.15) is 0 Å². The van der Waals surface area contributed by atoms with E-state index in [1.54, 1.807) is 13.8 Å². The fourth-order valence-electron chi connectivity index (χ4n) is 0.650. The Morgan fingerprint density at radius 2 is 2.00 bits per heavy atom. The molecule has 1 heterocycles. The summed E-state index contributed by atoms with van der Waals surface area (Å²) in [7, 11) is -3.67. The minimum atomic E-state index is -3.67. The maximum atomic E-state index is 10.7. The van der Waals surface area contributed by atoms with Crippen LogP contribution < -0.4 is 5.14 Å². The Morgan fingerprint density at radius 3 is 2.18 bits per heavy atom. The maximum Gasteiger partial charge on any atom is 0.271 e. The standard InChI is InChI=1S/C5H9N3O2S/c1-3-4(2)8-5(7-3)11(6,9)10/h1-2H3,(H,7,8)(H2,6,9,10). The van der Waals surface area contributed by atoms with Gasteiger partial charge in [-0.05, 0) is 13.8 Å². The zero-order valence-corrected chi connectivity index (χ0v) is 7.07. The van der Waals surface area contributed by atoms with Crippen LogP contribution in [0.1, 0.15) is 11.4 Å². The molecule has 1 rings (SSSR count). The third-order valence-electron chi connectivity index (χ3n) is 1.38. The highest BCUT2D eigenvalue weighted by Gasteiger charge is 2.12. The van der Waals surface area contributed by atoms with Crippen LogP contribution in [0.2, 0.25) is 0 Å². The van der Waals surface area contributed by atoms with Crippen molar-refractivity contribution < 1.29 is 8.42 Å². The van der Waals surface area contributed by atoms with E-state index in [-0.39, 0.29) is 5.16 Å². The highest BCUT2D eigenvalue weighted by Crippen LogP contribution is 2.05. The number of nitrogens with two attached hydrogens (primary N) is 1. The van der Waals surface area contributed by atoms with Gasteiger partial charge in [0.05, 0.1) is 5.69 Å². The molecule has 0 amide bonds. The predicted octanol–water partition coefficient (Wildman–Crippen LogP) is -0.326. The molecule has 3 N–H and O–H groups in total. The summed E-state index contributed by atoms with van der Waals surface area (Å²) in [6.07, 6.45) is 0. The molecule has 6 heteroatoms. The van der Waals surface area contributed by atoms with Crippen LogP contribution in [0, 0.1) is 13.8 Å². The fourth-order valence-corrected chi connectivity index (χ4v) is 1.21. The fraction of sp³-hybridized carbons (Fsp3) is 0.400. The number of aromatic nitrogens is 2. The number of hydrogen-bond acceptors (Lipinski definition) is 3. The van der Waals surface area contributed by atoms with E-state index >= 15 is 0 Å². The smallest absolute Gasteiger partial charge is 0.271 e. The van der Waals surface area contributed by atoms with E-state index in [0.29, 0.717) is 11.4 Å². The summed E-state index contributed by atoms with van der Waals surface area (Å²) < 4.78 is 21.4. The van der Waals surface area contributed by atoms with Crippen molar-refractivity contribution in [2.75, 3.05) is 0 Å². The van der Waals surface area contributed by atoms with E-state index in [1.165, 1.54) is 0 Å². The first-order valence-corrected chi connectivity index (χ1v) is 4.52. The number of aromatic amines is 1. The molecular formula is C5H9N3O2S. The van der Waals surface area contributed by atoms with Gasteiger partial charge in [0.2, 0.25) is 5.16 Å². The van der Waals surface area contributed by atoms with Crippen LogP contribution in [-0.4, -0.2) is 18.4 Å². The largest absolute Gasteiger partial charge is 0.332 e. The molecule has 1 aromatic heterocycles. The molecule has 62 valence electrons. The van der Waals surface area contributed by atoms with Crippen molar-refractivity contribution >= 4 is 10.0 Å². The number of H-pyrrole nitrogens is 1. The van der Waals surface area contributed by atoms with Gasteiger partial charge in [-0.1, -0.05) is 0 Å². The first-order valence-electron chi connectivity index (χ1n) is 2.97. The monoisotopic (exact) mass is 175 g/mol. The van der Waals surface area contributed by atoms with Crippen LogP contribution in [0.3, 0.4) is 0 Å². The predicted molar refractivity (Wildman–Crippen MR) is 39.4 cm³/mol. The summed E-state index contributed by atoms with van der Waals surface area (Å²) in [5.74, 6) is 0. The van der Waals surface area contributed by atoms with Gasteiger partial charge in [-0.25, -0.2) is 18.5 Å². The normalized spacial score (nSPS) is 11.9. The van der Waals surface area contributed by atoms with Crippen LogP contribution >= 0.6 is 0 Å². The van der Waals surface area contributed by atoms with E-state index in [4.69, 9.17) is 5.14 Å². The molecule has 0 saturated carbocycles. The molecule has 0 fully saturated rings. The topological polar surface area (TPSA) is 88.8 Å². The second kappa shape index (κ2) is 2.31. The average molecular weight is 175 g/mol. The van der Waals surface area contributed by atoms with Crippen molar-refractivity contribution in [3.8, 4) is 0 Å². The lowest BCUT2D eigenvalue weighted by molar-refractivity contribution is 0.590. The van der Waals surface area contributed by atoms with Gasteiger partial charge in [0.1, 0.15) is 0 Å². The number of primary sulfonamides is 1. The van der Waals surface area contributed by atoms with Crippen LogP contribution in [-0.2, 0) is 10.0 Å². The summed E-state index contributed by atoms with van der Waals surface area (Å²) in [5.41, 5.74) is 1.36. The third kappa shape index (κ3) is 1.58. The number of rotatable bonds is 1. The van der Waals surface area contributed by atoms with Crippen LogP contribution in [0.25, 0.3) is 0 Å². The van der Waals surface area contributed by atoms with Crippen molar-refractivity contribution in [3.05, 3.63) is 11.4 Å². The Bertz CT molecular complexity index is 346. The highest BCUT2D eigenvalue weighted by molar-refractivity contribution is 7.89. The van der Waals surface area contributed by atoms with E-state index in [0.717, 1.165) is 0 Å². The molecule has 0 atom stereocenters. The van der Waals surface area contributed by atoms with Gasteiger partial charge in [0.15, 0.2) is 0 Å². The van der Waals surface area contributed by atoms with Gasteiger partial charge >= 0.3 is 0 Å². The van der Waals surface area contributed by atoms with Crippen LogP contribution in [0.4, 0.5) is 0 Å². The summed E-state index contributed by atoms with van der Waals surface area (Å²) in [5, 5.41) is 4.64. The van der Waals surface area contributed by atoms with Crippen LogP contribution in [0.15, 0.2) is 5.16 Å². The molecule has 0 bridgehead atoms. The molecule has 5 nitrogen and oxygen atoms in total. The van der Waals surface area contributed by atoms with E-state index in [1.807, 2.05) is 0 Å². The Kier molecular flexibility index (Phi) is 1.73. The molecule has 1 aromatic rings. The molecule has 0 aliphatic rings. The molecule has 0 saturated heterocycles. The minimum Gasteiger partial charge on any atom is -0.332 e. The third-order valence-corrected chi connectivity index (χ3v) is 2.11. The SMILES string of the molecule is Cc1nc(S(N)(=O)=O)[nH]c1C.